The standard InChI is InChI=1S/C20H16F3N5O4S/c1-3-28-17-13(5-4-10-24-17)19(29)27(2)15-8-7-14(26-18(15)28)12-6-9-16(25-11-12)32-33(30,31)20(21,22)23/h4-11H,3H2,1-2H3. The van der Waals surface area contributed by atoms with Gasteiger partial charge in [0.2, 0.25) is 5.88 Å². The van der Waals surface area contributed by atoms with Crippen molar-refractivity contribution in [3.63, 3.8) is 0 Å². The van der Waals surface area contributed by atoms with E-state index < -0.39 is 21.5 Å². The van der Waals surface area contributed by atoms with Gasteiger partial charge in [-0.25, -0.2) is 15.0 Å². The van der Waals surface area contributed by atoms with Crippen molar-refractivity contribution in [2.75, 3.05) is 23.4 Å². The monoisotopic (exact) mass is 479 g/mol. The molecule has 1 aliphatic heterocycles. The van der Waals surface area contributed by atoms with E-state index in [9.17, 15) is 26.4 Å². The number of aromatic nitrogens is 3. The van der Waals surface area contributed by atoms with Gasteiger partial charge in [-0.2, -0.15) is 21.6 Å². The van der Waals surface area contributed by atoms with Crippen molar-refractivity contribution in [3.8, 4) is 17.1 Å². The zero-order chi connectivity index (χ0) is 24.0. The third-order valence-corrected chi connectivity index (χ3v) is 5.83. The number of fused-ring (bicyclic) bond motifs is 2. The molecular formula is C20H16F3N5O4S. The fraction of sp³-hybridized carbons (Fsp3) is 0.200. The van der Waals surface area contributed by atoms with Crippen molar-refractivity contribution in [2.45, 2.75) is 12.4 Å². The summed E-state index contributed by atoms with van der Waals surface area (Å²) in [4.78, 5) is 28.8. The molecule has 0 aliphatic carbocycles. The Morgan fingerprint density at radius 2 is 1.82 bits per heavy atom. The summed E-state index contributed by atoms with van der Waals surface area (Å²) in [5, 5.41) is 0. The number of carbonyl (C=O) groups excluding carboxylic acids is 1. The van der Waals surface area contributed by atoms with Crippen LogP contribution in [0.3, 0.4) is 0 Å². The van der Waals surface area contributed by atoms with Gasteiger partial charge >= 0.3 is 15.6 Å². The van der Waals surface area contributed by atoms with Crippen LogP contribution in [0, 0.1) is 0 Å². The molecule has 0 spiro atoms. The molecule has 4 heterocycles. The van der Waals surface area contributed by atoms with Gasteiger partial charge in [-0.05, 0) is 37.3 Å². The van der Waals surface area contributed by atoms with Gasteiger partial charge in [-0.1, -0.05) is 0 Å². The minimum Gasteiger partial charge on any atom is -0.355 e. The third kappa shape index (κ3) is 3.95. The molecule has 172 valence electrons. The maximum absolute atomic E-state index is 12.9. The van der Waals surface area contributed by atoms with Crippen LogP contribution < -0.4 is 14.0 Å². The molecule has 3 aromatic rings. The van der Waals surface area contributed by atoms with Gasteiger partial charge in [0, 0.05) is 37.6 Å². The number of anilines is 3. The molecule has 1 aliphatic rings. The van der Waals surface area contributed by atoms with E-state index in [1.165, 1.54) is 11.0 Å². The second-order valence-corrected chi connectivity index (χ2v) is 8.43. The zero-order valence-electron chi connectivity index (χ0n) is 17.2. The smallest absolute Gasteiger partial charge is 0.355 e. The molecule has 1 amide bonds. The lowest BCUT2D eigenvalue weighted by atomic mass is 10.1. The first kappa shape index (κ1) is 22.5. The summed E-state index contributed by atoms with van der Waals surface area (Å²) in [6.45, 7) is 2.33. The number of amides is 1. The summed E-state index contributed by atoms with van der Waals surface area (Å²) in [7, 11) is -4.21. The minimum absolute atomic E-state index is 0.251. The summed E-state index contributed by atoms with van der Waals surface area (Å²) in [5.74, 6) is -0.0916. The van der Waals surface area contributed by atoms with Gasteiger partial charge in [0.25, 0.3) is 5.91 Å². The predicted octanol–water partition coefficient (Wildman–Crippen LogP) is 3.52. The fourth-order valence-electron chi connectivity index (χ4n) is 3.27. The van der Waals surface area contributed by atoms with Gasteiger partial charge in [0.15, 0.2) is 5.82 Å². The number of rotatable bonds is 4. The summed E-state index contributed by atoms with van der Waals surface area (Å²) in [6, 6.07) is 8.97. The van der Waals surface area contributed by atoms with E-state index in [0.29, 0.717) is 40.7 Å². The molecule has 33 heavy (non-hydrogen) atoms. The summed E-state index contributed by atoms with van der Waals surface area (Å²) < 4.78 is 63.8. The van der Waals surface area contributed by atoms with E-state index >= 15 is 0 Å². The van der Waals surface area contributed by atoms with E-state index in [1.54, 1.807) is 42.4 Å². The molecule has 0 bridgehead atoms. The van der Waals surface area contributed by atoms with Crippen molar-refractivity contribution in [1.29, 1.82) is 0 Å². The molecule has 0 N–H and O–H groups in total. The van der Waals surface area contributed by atoms with E-state index in [0.717, 1.165) is 12.3 Å². The Hall–Kier alpha value is -3.74. The highest BCUT2D eigenvalue weighted by Crippen LogP contribution is 2.39. The number of hydrogen-bond donors (Lipinski definition) is 0. The van der Waals surface area contributed by atoms with Gasteiger partial charge in [0.05, 0.1) is 16.9 Å². The van der Waals surface area contributed by atoms with E-state index in [2.05, 4.69) is 19.1 Å². The Balaban J connectivity index is 1.73. The Morgan fingerprint density at radius 1 is 1.06 bits per heavy atom. The first-order chi connectivity index (χ1) is 15.5. The van der Waals surface area contributed by atoms with Crippen LogP contribution in [-0.4, -0.2) is 48.4 Å². The van der Waals surface area contributed by atoms with Crippen molar-refractivity contribution >= 4 is 33.3 Å². The second-order valence-electron chi connectivity index (χ2n) is 6.89. The van der Waals surface area contributed by atoms with Gasteiger partial charge in [0.1, 0.15) is 5.82 Å². The SMILES string of the molecule is CCN1c2ncccc2C(=O)N(C)c2ccc(-c3ccc(OS(=O)(=O)C(F)(F)F)nc3)nc21. The Labute approximate surface area is 186 Å². The van der Waals surface area contributed by atoms with Gasteiger partial charge in [-0.3, -0.25) is 4.79 Å². The summed E-state index contributed by atoms with van der Waals surface area (Å²) >= 11 is 0. The molecule has 0 fully saturated rings. The molecule has 9 nitrogen and oxygen atoms in total. The average molecular weight is 479 g/mol. The topological polar surface area (TPSA) is 106 Å². The minimum atomic E-state index is -5.82. The quantitative estimate of drug-likeness (QED) is 0.414. The molecule has 13 heteroatoms. The van der Waals surface area contributed by atoms with E-state index in [1.807, 2.05) is 6.92 Å². The highest BCUT2D eigenvalue weighted by atomic mass is 32.2. The van der Waals surface area contributed by atoms with Crippen LogP contribution in [0.25, 0.3) is 11.3 Å². The number of pyridine rings is 3. The predicted molar refractivity (Wildman–Crippen MR) is 113 cm³/mol. The van der Waals surface area contributed by atoms with Crippen LogP contribution in [0.2, 0.25) is 0 Å². The number of alkyl halides is 3. The third-order valence-electron chi connectivity index (χ3n) is 4.88. The first-order valence-electron chi connectivity index (χ1n) is 9.52. The Kier molecular flexibility index (Phi) is 5.44. The molecule has 0 saturated carbocycles. The fourth-order valence-corrected chi connectivity index (χ4v) is 3.69. The van der Waals surface area contributed by atoms with Gasteiger partial charge < -0.3 is 14.0 Å². The van der Waals surface area contributed by atoms with Crippen LogP contribution in [0.4, 0.5) is 30.5 Å². The number of halogens is 3. The number of carbonyl (C=O) groups is 1. The Morgan fingerprint density at radius 3 is 2.45 bits per heavy atom. The lowest BCUT2D eigenvalue weighted by Gasteiger charge is -2.23. The molecule has 0 saturated heterocycles. The molecule has 0 atom stereocenters. The van der Waals surface area contributed by atoms with Crippen LogP contribution in [0.5, 0.6) is 5.88 Å². The second kappa shape index (κ2) is 7.99. The first-order valence-corrected chi connectivity index (χ1v) is 10.9. The molecule has 0 radical (unpaired) electrons. The Bertz CT molecular complexity index is 1330. The number of hydrogen-bond acceptors (Lipinski definition) is 8. The van der Waals surface area contributed by atoms with Crippen LogP contribution in [-0.2, 0) is 10.1 Å². The van der Waals surface area contributed by atoms with Gasteiger partial charge in [-0.15, -0.1) is 0 Å². The molecule has 0 aromatic carbocycles. The summed E-state index contributed by atoms with van der Waals surface area (Å²) in [5.41, 5.74) is -3.83. The molecular weight excluding hydrogens is 463 g/mol. The number of nitrogens with zero attached hydrogens (tertiary/aromatic N) is 5. The highest BCUT2D eigenvalue weighted by molar-refractivity contribution is 7.87. The van der Waals surface area contributed by atoms with Crippen LogP contribution in [0.1, 0.15) is 17.3 Å². The van der Waals surface area contributed by atoms with Crippen LogP contribution in [0.15, 0.2) is 48.8 Å². The van der Waals surface area contributed by atoms with Crippen LogP contribution >= 0.6 is 0 Å². The van der Waals surface area contributed by atoms with Crippen molar-refractivity contribution in [3.05, 3.63) is 54.4 Å². The zero-order valence-corrected chi connectivity index (χ0v) is 18.1. The summed E-state index contributed by atoms with van der Waals surface area (Å²) in [6.07, 6.45) is 2.71. The van der Waals surface area contributed by atoms with Crippen molar-refractivity contribution in [1.82, 2.24) is 15.0 Å². The maximum atomic E-state index is 12.9. The van der Waals surface area contributed by atoms with E-state index in [-0.39, 0.29) is 5.91 Å². The average Bonchev–Trinajstić information content (AvgIpc) is 2.86. The van der Waals surface area contributed by atoms with Crippen molar-refractivity contribution < 1.29 is 30.6 Å². The molecule has 4 rings (SSSR count). The molecule has 3 aromatic heterocycles. The highest BCUT2D eigenvalue weighted by Gasteiger charge is 2.48. The van der Waals surface area contributed by atoms with E-state index in [4.69, 9.17) is 0 Å². The lowest BCUT2D eigenvalue weighted by Crippen LogP contribution is -2.28. The maximum Gasteiger partial charge on any atom is 0.534 e. The van der Waals surface area contributed by atoms with Crippen molar-refractivity contribution in [2.24, 2.45) is 0 Å². The molecule has 0 unspecified atom stereocenters. The lowest BCUT2D eigenvalue weighted by molar-refractivity contribution is -0.0501. The normalized spacial score (nSPS) is 13.9. The largest absolute Gasteiger partial charge is 0.534 e.